The van der Waals surface area contributed by atoms with Gasteiger partial charge in [0.1, 0.15) is 5.75 Å². The number of aryl methyl sites for hydroxylation is 1. The van der Waals surface area contributed by atoms with E-state index in [0.29, 0.717) is 24.5 Å². The first kappa shape index (κ1) is 28.6. The van der Waals surface area contributed by atoms with Gasteiger partial charge in [-0.15, -0.1) is 24.0 Å². The molecule has 0 radical (unpaired) electrons. The van der Waals surface area contributed by atoms with E-state index in [0.717, 1.165) is 5.56 Å². The van der Waals surface area contributed by atoms with E-state index in [9.17, 15) is 26.3 Å². The number of ether oxygens (including phenoxy) is 1. The predicted molar refractivity (Wildman–Crippen MR) is 115 cm³/mol. The van der Waals surface area contributed by atoms with Crippen LogP contribution in [-0.2, 0) is 6.54 Å². The van der Waals surface area contributed by atoms with E-state index in [1.807, 2.05) is 0 Å². The summed E-state index contributed by atoms with van der Waals surface area (Å²) in [7, 11) is 2.90. The summed E-state index contributed by atoms with van der Waals surface area (Å²) in [6.07, 6.45) is -8.22. The molecule has 0 aliphatic heterocycles. The molecule has 174 valence electrons. The molecule has 0 atom stereocenters. The molecule has 0 bridgehead atoms. The van der Waals surface area contributed by atoms with Crippen LogP contribution in [0.1, 0.15) is 17.5 Å². The molecular formula is C18H27F6IN4O. The number of alkyl halides is 6. The van der Waals surface area contributed by atoms with Crippen LogP contribution in [0.4, 0.5) is 26.3 Å². The van der Waals surface area contributed by atoms with Gasteiger partial charge in [-0.2, -0.15) is 26.3 Å². The predicted octanol–water partition coefficient (Wildman–Crippen LogP) is 4.10. The third kappa shape index (κ3) is 13.0. The zero-order valence-electron chi connectivity index (χ0n) is 17.0. The van der Waals surface area contributed by atoms with E-state index in [1.54, 1.807) is 19.1 Å². The number of nitrogens with one attached hydrogen (secondary N) is 2. The molecule has 0 spiro atoms. The van der Waals surface area contributed by atoms with Gasteiger partial charge < -0.3 is 15.4 Å². The Balaban J connectivity index is 0.00000841. The Labute approximate surface area is 189 Å². The molecular weight excluding hydrogens is 529 g/mol. The molecule has 0 unspecified atom stereocenters. The number of hydrogen-bond donors (Lipinski definition) is 2. The largest absolute Gasteiger partial charge is 0.484 e. The smallest absolute Gasteiger partial charge is 0.422 e. The van der Waals surface area contributed by atoms with Gasteiger partial charge in [-0.3, -0.25) is 9.89 Å². The number of benzene rings is 1. The second-order valence-electron chi connectivity index (χ2n) is 6.57. The van der Waals surface area contributed by atoms with E-state index >= 15 is 0 Å². The number of halogens is 7. The molecule has 5 nitrogen and oxygen atoms in total. The monoisotopic (exact) mass is 556 g/mol. The van der Waals surface area contributed by atoms with Crippen LogP contribution in [0, 0.1) is 6.92 Å². The third-order valence-electron chi connectivity index (χ3n) is 3.74. The van der Waals surface area contributed by atoms with E-state index in [2.05, 4.69) is 15.6 Å². The minimum atomic E-state index is -4.44. The van der Waals surface area contributed by atoms with Crippen molar-refractivity contribution in [2.45, 2.75) is 32.2 Å². The minimum absolute atomic E-state index is 0. The van der Waals surface area contributed by atoms with Crippen molar-refractivity contribution in [3.63, 3.8) is 0 Å². The van der Waals surface area contributed by atoms with E-state index < -0.39 is 25.5 Å². The highest BCUT2D eigenvalue weighted by Gasteiger charge is 2.29. The van der Waals surface area contributed by atoms with Gasteiger partial charge in [0.15, 0.2) is 12.6 Å². The highest BCUT2D eigenvalue weighted by Crippen LogP contribution is 2.23. The Hall–Kier alpha value is -1.44. The lowest BCUT2D eigenvalue weighted by molar-refractivity contribution is -0.153. The molecule has 0 aliphatic rings. The van der Waals surface area contributed by atoms with Crippen molar-refractivity contribution in [1.29, 1.82) is 0 Å². The quantitative estimate of drug-likeness (QED) is 0.158. The molecule has 0 aromatic heterocycles. The maximum atomic E-state index is 12.4. The topological polar surface area (TPSA) is 48.9 Å². The normalized spacial score (nSPS) is 12.5. The molecule has 30 heavy (non-hydrogen) atoms. The molecule has 0 amide bonds. The second kappa shape index (κ2) is 13.1. The summed E-state index contributed by atoms with van der Waals surface area (Å²) >= 11 is 0. The first-order valence-electron chi connectivity index (χ1n) is 8.88. The molecule has 0 saturated heterocycles. The van der Waals surface area contributed by atoms with Crippen LogP contribution in [-0.4, -0.2) is 63.5 Å². The molecule has 0 fully saturated rings. The van der Waals surface area contributed by atoms with Gasteiger partial charge in [-0.05, 0) is 38.6 Å². The van der Waals surface area contributed by atoms with Crippen LogP contribution in [0.2, 0.25) is 0 Å². The molecule has 12 heteroatoms. The Bertz CT molecular complexity index is 667. The zero-order chi connectivity index (χ0) is 22.1. The van der Waals surface area contributed by atoms with E-state index in [-0.39, 0.29) is 42.8 Å². The Morgan fingerprint density at radius 1 is 1.10 bits per heavy atom. The van der Waals surface area contributed by atoms with Gasteiger partial charge in [0.2, 0.25) is 0 Å². The number of nitrogens with zero attached hydrogens (tertiary/aromatic N) is 2. The Morgan fingerprint density at radius 3 is 2.33 bits per heavy atom. The van der Waals surface area contributed by atoms with Crippen molar-refractivity contribution in [1.82, 2.24) is 15.5 Å². The highest BCUT2D eigenvalue weighted by molar-refractivity contribution is 14.0. The fourth-order valence-electron chi connectivity index (χ4n) is 2.44. The van der Waals surface area contributed by atoms with Crippen molar-refractivity contribution in [3.8, 4) is 5.75 Å². The first-order valence-corrected chi connectivity index (χ1v) is 8.88. The van der Waals surface area contributed by atoms with Gasteiger partial charge in [-0.25, -0.2) is 0 Å². The number of rotatable bonds is 9. The van der Waals surface area contributed by atoms with Gasteiger partial charge in [0, 0.05) is 25.7 Å². The molecule has 0 heterocycles. The standard InChI is InChI=1S/C18H26F6N4O.HI/c1-13-5-6-14(15(9-13)29-12-18(22,23)24)10-27-16(25-2)26-7-4-8-28(3)11-17(19,20)21;/h5-6,9H,4,7-8,10-12H2,1-3H3,(H2,25,26,27);1H. The Morgan fingerprint density at radius 2 is 1.77 bits per heavy atom. The highest BCUT2D eigenvalue weighted by atomic mass is 127. The van der Waals surface area contributed by atoms with Crippen molar-refractivity contribution in [2.24, 2.45) is 4.99 Å². The van der Waals surface area contributed by atoms with Gasteiger partial charge in [0.25, 0.3) is 0 Å². The summed E-state index contributed by atoms with van der Waals surface area (Å²) < 4.78 is 79.0. The van der Waals surface area contributed by atoms with Crippen molar-refractivity contribution in [3.05, 3.63) is 29.3 Å². The number of aliphatic imine (C=N–C) groups is 1. The lowest BCUT2D eigenvalue weighted by atomic mass is 10.1. The van der Waals surface area contributed by atoms with Crippen LogP contribution in [0.15, 0.2) is 23.2 Å². The third-order valence-corrected chi connectivity index (χ3v) is 3.74. The van der Waals surface area contributed by atoms with Crippen molar-refractivity contribution >= 4 is 29.9 Å². The molecule has 1 aromatic carbocycles. The van der Waals surface area contributed by atoms with Crippen LogP contribution in [0.5, 0.6) is 5.75 Å². The fourth-order valence-corrected chi connectivity index (χ4v) is 2.44. The molecule has 1 aromatic rings. The fraction of sp³-hybridized carbons (Fsp3) is 0.611. The summed E-state index contributed by atoms with van der Waals surface area (Å²) in [5.74, 6) is 0.505. The van der Waals surface area contributed by atoms with E-state index in [1.165, 1.54) is 25.1 Å². The van der Waals surface area contributed by atoms with Crippen molar-refractivity contribution < 1.29 is 31.1 Å². The average molecular weight is 556 g/mol. The van der Waals surface area contributed by atoms with Gasteiger partial charge >= 0.3 is 12.4 Å². The number of hydrogen-bond acceptors (Lipinski definition) is 3. The van der Waals surface area contributed by atoms with Crippen LogP contribution >= 0.6 is 24.0 Å². The van der Waals surface area contributed by atoms with Crippen LogP contribution < -0.4 is 15.4 Å². The Kier molecular flexibility index (Phi) is 12.4. The van der Waals surface area contributed by atoms with E-state index in [4.69, 9.17) is 4.74 Å². The first-order chi connectivity index (χ1) is 13.4. The van der Waals surface area contributed by atoms with Crippen LogP contribution in [0.3, 0.4) is 0 Å². The van der Waals surface area contributed by atoms with Gasteiger partial charge in [-0.1, -0.05) is 12.1 Å². The zero-order valence-corrected chi connectivity index (χ0v) is 19.3. The second-order valence-corrected chi connectivity index (χ2v) is 6.57. The van der Waals surface area contributed by atoms with Gasteiger partial charge in [0.05, 0.1) is 6.54 Å². The summed E-state index contributed by atoms with van der Waals surface area (Å²) in [5.41, 5.74) is 1.28. The molecule has 1 rings (SSSR count). The average Bonchev–Trinajstić information content (AvgIpc) is 2.58. The molecule has 0 saturated carbocycles. The number of guanidine groups is 1. The minimum Gasteiger partial charge on any atom is -0.484 e. The van der Waals surface area contributed by atoms with Crippen molar-refractivity contribution in [2.75, 3.05) is 40.3 Å². The summed E-state index contributed by atoms with van der Waals surface area (Å²) in [6, 6.07) is 4.94. The summed E-state index contributed by atoms with van der Waals surface area (Å²) in [6.45, 7) is 0.176. The maximum absolute atomic E-state index is 12.4. The molecule has 2 N–H and O–H groups in total. The maximum Gasteiger partial charge on any atom is 0.422 e. The summed E-state index contributed by atoms with van der Waals surface area (Å²) in [4.78, 5) is 5.17. The molecule has 0 aliphatic carbocycles. The lowest BCUT2D eigenvalue weighted by Gasteiger charge is -2.19. The summed E-state index contributed by atoms with van der Waals surface area (Å²) in [5, 5.41) is 5.91. The lowest BCUT2D eigenvalue weighted by Crippen LogP contribution is -2.39. The van der Waals surface area contributed by atoms with Crippen LogP contribution in [0.25, 0.3) is 0 Å². The SMILES string of the molecule is CN=C(NCCCN(C)CC(F)(F)F)NCc1ccc(C)cc1OCC(F)(F)F.I.